The molecule has 1 saturated heterocycles. The molecule has 2 aromatic carbocycles. The van der Waals surface area contributed by atoms with Crippen LogP contribution in [0.1, 0.15) is 60.2 Å². The van der Waals surface area contributed by atoms with Crippen molar-refractivity contribution >= 4 is 29.5 Å². The zero-order valence-corrected chi connectivity index (χ0v) is 22.3. The fourth-order valence-electron chi connectivity index (χ4n) is 5.41. The maximum Gasteiger partial charge on any atom is 0.337 e. The number of aryl methyl sites for hydroxylation is 1. The van der Waals surface area contributed by atoms with E-state index in [1.165, 1.54) is 42.0 Å². The van der Waals surface area contributed by atoms with Gasteiger partial charge in [0.25, 0.3) is 0 Å². The van der Waals surface area contributed by atoms with Gasteiger partial charge >= 0.3 is 5.97 Å². The molecule has 0 N–H and O–H groups in total. The predicted molar refractivity (Wildman–Crippen MR) is 146 cm³/mol. The van der Waals surface area contributed by atoms with E-state index < -0.39 is 0 Å². The van der Waals surface area contributed by atoms with E-state index in [0.29, 0.717) is 22.6 Å². The van der Waals surface area contributed by atoms with Crippen molar-refractivity contribution in [2.24, 2.45) is 5.92 Å². The normalized spacial score (nSPS) is 18.3. The predicted octanol–water partition coefficient (Wildman–Crippen LogP) is 5.97. The molecule has 1 aliphatic heterocycles. The van der Waals surface area contributed by atoms with Gasteiger partial charge < -0.3 is 14.0 Å². The van der Waals surface area contributed by atoms with Crippen molar-refractivity contribution in [3.8, 4) is 5.75 Å². The number of ether oxygens (including phenoxy) is 2. The summed E-state index contributed by atoms with van der Waals surface area (Å²) in [5.74, 6) is 0.931. The molecule has 1 aromatic heterocycles. The largest absolute Gasteiger partial charge is 0.496 e. The molecule has 188 valence electrons. The Morgan fingerprint density at radius 1 is 1.06 bits per heavy atom. The van der Waals surface area contributed by atoms with Crippen molar-refractivity contribution in [1.82, 2.24) is 9.47 Å². The van der Waals surface area contributed by atoms with Crippen LogP contribution in [0.5, 0.6) is 5.75 Å². The van der Waals surface area contributed by atoms with Crippen molar-refractivity contribution in [3.63, 3.8) is 0 Å². The van der Waals surface area contributed by atoms with Gasteiger partial charge in [-0.15, -0.1) is 0 Å². The fourth-order valence-corrected chi connectivity index (χ4v) is 5.89. The van der Waals surface area contributed by atoms with Crippen LogP contribution in [0.4, 0.5) is 0 Å². The maximum atomic E-state index is 12.0. The summed E-state index contributed by atoms with van der Waals surface area (Å²) in [6, 6.07) is 12.5. The van der Waals surface area contributed by atoms with Gasteiger partial charge in [-0.1, -0.05) is 26.0 Å². The topological polar surface area (TPSA) is 43.7 Å². The molecule has 3 aromatic rings. The smallest absolute Gasteiger partial charge is 0.337 e. The third-order valence-corrected chi connectivity index (χ3v) is 7.92. The van der Waals surface area contributed by atoms with Gasteiger partial charge in [0.05, 0.1) is 25.2 Å². The number of benzene rings is 2. The number of esters is 1. The van der Waals surface area contributed by atoms with E-state index in [1.54, 1.807) is 13.2 Å². The molecular formula is C29H38N2O3S. The summed E-state index contributed by atoms with van der Waals surface area (Å²) >= 11 is 4.97. The average Bonchev–Trinajstić information content (AvgIpc) is 3.39. The van der Waals surface area contributed by atoms with E-state index in [4.69, 9.17) is 22.1 Å². The zero-order chi connectivity index (χ0) is 24.9. The Morgan fingerprint density at radius 3 is 2.57 bits per heavy atom. The van der Waals surface area contributed by atoms with Gasteiger partial charge in [0.2, 0.25) is 0 Å². The van der Waals surface area contributed by atoms with Crippen molar-refractivity contribution in [2.75, 3.05) is 27.3 Å². The minimum Gasteiger partial charge on any atom is -0.496 e. The van der Waals surface area contributed by atoms with Crippen LogP contribution in [0.15, 0.2) is 42.6 Å². The molecule has 0 spiro atoms. The Kier molecular flexibility index (Phi) is 8.45. The van der Waals surface area contributed by atoms with E-state index in [9.17, 15) is 4.79 Å². The Labute approximate surface area is 214 Å². The highest BCUT2D eigenvalue weighted by atomic mass is 32.1. The van der Waals surface area contributed by atoms with Crippen molar-refractivity contribution in [1.29, 1.82) is 0 Å². The van der Waals surface area contributed by atoms with Gasteiger partial charge in [0.1, 0.15) is 5.75 Å². The van der Waals surface area contributed by atoms with Gasteiger partial charge in [-0.3, -0.25) is 4.90 Å². The van der Waals surface area contributed by atoms with Crippen LogP contribution in [-0.4, -0.2) is 48.1 Å². The summed E-state index contributed by atoms with van der Waals surface area (Å²) in [7, 11) is 3.04. The van der Waals surface area contributed by atoms with E-state index in [0.717, 1.165) is 44.5 Å². The van der Waals surface area contributed by atoms with Crippen LogP contribution < -0.4 is 4.74 Å². The number of methoxy groups -OCH3 is 2. The van der Waals surface area contributed by atoms with Gasteiger partial charge in [-0.05, 0) is 85.6 Å². The molecular weight excluding hydrogens is 456 g/mol. The summed E-state index contributed by atoms with van der Waals surface area (Å²) in [4.78, 5) is 14.5. The minimum absolute atomic E-state index is 0.340. The lowest BCUT2D eigenvalue weighted by Crippen LogP contribution is -2.29. The van der Waals surface area contributed by atoms with E-state index in [2.05, 4.69) is 47.7 Å². The van der Waals surface area contributed by atoms with Crippen LogP contribution in [0.2, 0.25) is 0 Å². The first-order valence-corrected chi connectivity index (χ1v) is 13.3. The lowest BCUT2D eigenvalue weighted by molar-refractivity contribution is 0.0600. The SMILES string of the molecule is CCCN1CCC(Cc2ccc3c(c2)c(Cc2ccc(C(=O)OC)cc2OC)cn3CCC)C1S. The van der Waals surface area contributed by atoms with Crippen LogP contribution in [0.25, 0.3) is 10.9 Å². The number of carbonyl (C=O) groups is 1. The van der Waals surface area contributed by atoms with Crippen LogP contribution in [0.3, 0.4) is 0 Å². The number of likely N-dealkylation sites (tertiary alicyclic amines) is 1. The minimum atomic E-state index is -0.356. The summed E-state index contributed by atoms with van der Waals surface area (Å²) in [6.45, 7) is 7.71. The standard InChI is InChI=1S/C29H38N2O3S/c1-5-12-30-14-11-22(28(30)35)15-20-7-10-26-25(16-20)24(19-31(26)13-6-2)17-21-8-9-23(29(32)34-4)18-27(21)33-3/h7-10,16,18-19,22,28,35H,5-6,11-15,17H2,1-4H3. The Balaban J connectivity index is 1.64. The van der Waals surface area contributed by atoms with Gasteiger partial charge in [0.15, 0.2) is 0 Å². The van der Waals surface area contributed by atoms with Crippen LogP contribution in [0, 0.1) is 5.92 Å². The molecule has 0 amide bonds. The third kappa shape index (κ3) is 5.54. The molecule has 2 atom stereocenters. The van der Waals surface area contributed by atoms with E-state index >= 15 is 0 Å². The third-order valence-electron chi connectivity index (χ3n) is 7.17. The Hall–Kier alpha value is -2.44. The van der Waals surface area contributed by atoms with Crippen LogP contribution >= 0.6 is 12.6 Å². The number of hydrogen-bond donors (Lipinski definition) is 1. The quantitative estimate of drug-likeness (QED) is 0.279. The monoisotopic (exact) mass is 494 g/mol. The molecule has 2 unspecified atom stereocenters. The number of thiol groups is 1. The highest BCUT2D eigenvalue weighted by molar-refractivity contribution is 7.80. The molecule has 5 nitrogen and oxygen atoms in total. The lowest BCUT2D eigenvalue weighted by Gasteiger charge is -2.23. The zero-order valence-electron chi connectivity index (χ0n) is 21.4. The summed E-state index contributed by atoms with van der Waals surface area (Å²) < 4.78 is 12.9. The molecule has 6 heteroatoms. The van der Waals surface area contributed by atoms with Gasteiger partial charge in [-0.25, -0.2) is 4.79 Å². The number of carbonyl (C=O) groups excluding carboxylic acids is 1. The number of nitrogens with zero attached hydrogens (tertiary/aromatic N) is 2. The fraction of sp³-hybridized carbons (Fsp3) is 0.483. The average molecular weight is 495 g/mol. The first-order chi connectivity index (χ1) is 17.0. The molecule has 0 saturated carbocycles. The highest BCUT2D eigenvalue weighted by Crippen LogP contribution is 2.33. The summed E-state index contributed by atoms with van der Waals surface area (Å²) in [5, 5.41) is 1.64. The Bertz CT molecular complexity index is 1170. The summed E-state index contributed by atoms with van der Waals surface area (Å²) in [5.41, 5.74) is 5.49. The van der Waals surface area contributed by atoms with Crippen molar-refractivity contribution in [2.45, 2.75) is 57.9 Å². The number of fused-ring (bicyclic) bond motifs is 1. The van der Waals surface area contributed by atoms with Crippen LogP contribution in [-0.2, 0) is 24.1 Å². The molecule has 1 fully saturated rings. The molecule has 4 rings (SSSR count). The molecule has 2 heterocycles. The number of rotatable bonds is 10. The second-order valence-corrected chi connectivity index (χ2v) is 10.1. The Morgan fingerprint density at radius 2 is 1.86 bits per heavy atom. The van der Waals surface area contributed by atoms with Gasteiger partial charge in [-0.2, -0.15) is 12.6 Å². The molecule has 1 aliphatic rings. The molecule has 35 heavy (non-hydrogen) atoms. The summed E-state index contributed by atoms with van der Waals surface area (Å²) in [6.07, 6.45) is 7.54. The van der Waals surface area contributed by atoms with Crippen molar-refractivity contribution < 1.29 is 14.3 Å². The highest BCUT2D eigenvalue weighted by Gasteiger charge is 2.30. The molecule has 0 bridgehead atoms. The first-order valence-electron chi connectivity index (χ1n) is 12.8. The number of aromatic nitrogens is 1. The van der Waals surface area contributed by atoms with E-state index in [1.807, 2.05) is 12.1 Å². The van der Waals surface area contributed by atoms with Gasteiger partial charge in [0, 0.05) is 30.1 Å². The molecule has 0 radical (unpaired) electrons. The van der Waals surface area contributed by atoms with E-state index in [-0.39, 0.29) is 5.97 Å². The lowest BCUT2D eigenvalue weighted by atomic mass is 9.95. The first kappa shape index (κ1) is 25.6. The maximum absolute atomic E-state index is 12.0. The molecule has 0 aliphatic carbocycles. The second kappa shape index (κ2) is 11.5. The van der Waals surface area contributed by atoms with Crippen molar-refractivity contribution in [3.05, 3.63) is 64.8 Å². The second-order valence-electron chi connectivity index (χ2n) is 9.60. The number of hydrogen-bond acceptors (Lipinski definition) is 5.